The van der Waals surface area contributed by atoms with Crippen molar-refractivity contribution in [3.8, 4) is 0 Å². The molecule has 1 heterocycles. The summed E-state index contributed by atoms with van der Waals surface area (Å²) in [7, 11) is 0. The van der Waals surface area contributed by atoms with Crippen LogP contribution < -0.4 is 0 Å². The SMILES string of the molecule is CCOC(=O)C(C(=O)OCC)C1c2ccccc2CCN1C(=O)OCC. The maximum absolute atomic E-state index is 12.6. The van der Waals surface area contributed by atoms with E-state index in [4.69, 9.17) is 14.2 Å². The van der Waals surface area contributed by atoms with Crippen molar-refractivity contribution in [3.05, 3.63) is 35.4 Å². The van der Waals surface area contributed by atoms with Gasteiger partial charge in [-0.15, -0.1) is 0 Å². The van der Waals surface area contributed by atoms with Crippen molar-refractivity contribution >= 4 is 18.0 Å². The van der Waals surface area contributed by atoms with Gasteiger partial charge >= 0.3 is 18.0 Å². The van der Waals surface area contributed by atoms with E-state index in [1.807, 2.05) is 24.3 Å². The lowest BCUT2D eigenvalue weighted by Crippen LogP contribution is -2.48. The van der Waals surface area contributed by atoms with Crippen molar-refractivity contribution in [1.29, 1.82) is 0 Å². The summed E-state index contributed by atoms with van der Waals surface area (Å²) >= 11 is 0. The van der Waals surface area contributed by atoms with Crippen LogP contribution in [0, 0.1) is 5.92 Å². The van der Waals surface area contributed by atoms with Crippen LogP contribution in [0.15, 0.2) is 24.3 Å². The van der Waals surface area contributed by atoms with Crippen LogP contribution in [0.5, 0.6) is 0 Å². The number of hydrogen-bond acceptors (Lipinski definition) is 6. The molecule has 1 unspecified atom stereocenters. The van der Waals surface area contributed by atoms with Gasteiger partial charge in [-0.2, -0.15) is 0 Å². The second-order valence-corrected chi connectivity index (χ2v) is 5.77. The Labute approximate surface area is 153 Å². The van der Waals surface area contributed by atoms with Gasteiger partial charge in [-0.05, 0) is 38.3 Å². The van der Waals surface area contributed by atoms with E-state index >= 15 is 0 Å². The Morgan fingerprint density at radius 3 is 2.15 bits per heavy atom. The van der Waals surface area contributed by atoms with Gasteiger partial charge in [0.05, 0.1) is 25.9 Å². The Morgan fingerprint density at radius 1 is 1.00 bits per heavy atom. The van der Waals surface area contributed by atoms with E-state index in [1.54, 1.807) is 20.8 Å². The standard InChI is InChI=1S/C19H25NO6/c1-4-24-17(21)15(18(22)25-5-2)16-14-10-8-7-9-13(14)11-12-20(16)19(23)26-6-3/h7-10,15-16H,4-6,11-12H2,1-3H3. The molecule has 7 heteroatoms. The van der Waals surface area contributed by atoms with Crippen molar-refractivity contribution in [1.82, 2.24) is 4.90 Å². The van der Waals surface area contributed by atoms with Gasteiger partial charge in [0.25, 0.3) is 0 Å². The molecule has 1 amide bonds. The van der Waals surface area contributed by atoms with Crippen molar-refractivity contribution in [2.45, 2.75) is 33.2 Å². The molecule has 0 aromatic heterocycles. The second kappa shape index (κ2) is 9.22. The summed E-state index contributed by atoms with van der Waals surface area (Å²) < 4.78 is 15.4. The minimum absolute atomic E-state index is 0.127. The summed E-state index contributed by atoms with van der Waals surface area (Å²) in [5.41, 5.74) is 1.72. The minimum atomic E-state index is -1.26. The third kappa shape index (κ3) is 4.15. The zero-order valence-electron chi connectivity index (χ0n) is 15.4. The van der Waals surface area contributed by atoms with E-state index in [0.29, 0.717) is 13.0 Å². The normalized spacial score (nSPS) is 16.0. The number of fused-ring (bicyclic) bond motifs is 1. The number of benzene rings is 1. The van der Waals surface area contributed by atoms with Crippen molar-refractivity contribution in [2.24, 2.45) is 5.92 Å². The van der Waals surface area contributed by atoms with E-state index in [-0.39, 0.29) is 19.8 Å². The maximum atomic E-state index is 12.6. The number of nitrogens with zero attached hydrogens (tertiary/aromatic N) is 1. The van der Waals surface area contributed by atoms with E-state index in [0.717, 1.165) is 11.1 Å². The number of hydrogen-bond donors (Lipinski definition) is 0. The van der Waals surface area contributed by atoms with Crippen LogP contribution in [0.4, 0.5) is 4.79 Å². The third-order valence-electron chi connectivity index (χ3n) is 4.23. The molecule has 1 aliphatic heterocycles. The zero-order chi connectivity index (χ0) is 19.1. The number of carbonyl (C=O) groups excluding carboxylic acids is 3. The molecule has 1 aliphatic rings. The summed E-state index contributed by atoms with van der Waals surface area (Å²) in [6, 6.07) is 6.62. The quantitative estimate of drug-likeness (QED) is 0.439. The fourth-order valence-electron chi connectivity index (χ4n) is 3.19. The average molecular weight is 363 g/mol. The number of ether oxygens (including phenoxy) is 3. The lowest BCUT2D eigenvalue weighted by atomic mass is 9.84. The first-order chi connectivity index (χ1) is 12.5. The zero-order valence-corrected chi connectivity index (χ0v) is 15.4. The predicted molar refractivity (Wildman–Crippen MR) is 93.4 cm³/mol. The maximum Gasteiger partial charge on any atom is 0.410 e. The van der Waals surface area contributed by atoms with Crippen molar-refractivity contribution in [2.75, 3.05) is 26.4 Å². The molecular weight excluding hydrogens is 338 g/mol. The lowest BCUT2D eigenvalue weighted by molar-refractivity contribution is -0.165. The van der Waals surface area contributed by atoms with Crippen LogP contribution in [0.3, 0.4) is 0 Å². The fraction of sp³-hybridized carbons (Fsp3) is 0.526. The van der Waals surface area contributed by atoms with E-state index in [9.17, 15) is 14.4 Å². The molecule has 0 bridgehead atoms. The summed E-state index contributed by atoms with van der Waals surface area (Å²) in [5, 5.41) is 0. The van der Waals surface area contributed by atoms with Crippen LogP contribution in [0.25, 0.3) is 0 Å². The van der Waals surface area contributed by atoms with Crippen LogP contribution in [-0.4, -0.2) is 49.3 Å². The van der Waals surface area contributed by atoms with Gasteiger partial charge in [0, 0.05) is 6.54 Å². The largest absolute Gasteiger partial charge is 0.465 e. The predicted octanol–water partition coefficient (Wildman–Crippen LogP) is 2.48. The smallest absolute Gasteiger partial charge is 0.410 e. The molecule has 0 spiro atoms. The third-order valence-corrected chi connectivity index (χ3v) is 4.23. The first-order valence-electron chi connectivity index (χ1n) is 8.89. The molecule has 0 N–H and O–H groups in total. The summed E-state index contributed by atoms with van der Waals surface area (Å²) in [6.45, 7) is 5.84. The number of esters is 2. The van der Waals surface area contributed by atoms with Gasteiger partial charge in [0.1, 0.15) is 0 Å². The minimum Gasteiger partial charge on any atom is -0.465 e. The Balaban J connectivity index is 2.51. The van der Waals surface area contributed by atoms with Crippen LogP contribution in [0.1, 0.15) is 37.9 Å². The molecule has 0 radical (unpaired) electrons. The Morgan fingerprint density at radius 2 is 1.58 bits per heavy atom. The highest BCUT2D eigenvalue weighted by Crippen LogP contribution is 2.37. The highest BCUT2D eigenvalue weighted by molar-refractivity contribution is 5.96. The monoisotopic (exact) mass is 363 g/mol. The molecule has 2 rings (SSSR count). The number of amides is 1. The van der Waals surface area contributed by atoms with Gasteiger partial charge in [0.15, 0.2) is 5.92 Å². The summed E-state index contributed by atoms with van der Waals surface area (Å²) in [5.74, 6) is -2.68. The molecule has 0 fully saturated rings. The molecule has 1 aromatic carbocycles. The molecular formula is C19H25NO6. The highest BCUT2D eigenvalue weighted by atomic mass is 16.6. The Hall–Kier alpha value is -2.57. The summed E-state index contributed by atoms with van der Waals surface area (Å²) in [4.78, 5) is 39.1. The fourth-order valence-corrected chi connectivity index (χ4v) is 3.19. The number of rotatable bonds is 6. The molecule has 142 valence electrons. The van der Waals surface area contributed by atoms with Gasteiger partial charge in [-0.1, -0.05) is 24.3 Å². The molecule has 7 nitrogen and oxygen atoms in total. The van der Waals surface area contributed by atoms with E-state index in [2.05, 4.69) is 0 Å². The van der Waals surface area contributed by atoms with Crippen molar-refractivity contribution < 1.29 is 28.6 Å². The van der Waals surface area contributed by atoms with Gasteiger partial charge < -0.3 is 14.2 Å². The molecule has 0 saturated carbocycles. The van der Waals surface area contributed by atoms with E-state index < -0.39 is 30.0 Å². The van der Waals surface area contributed by atoms with Crippen LogP contribution in [-0.2, 0) is 30.2 Å². The van der Waals surface area contributed by atoms with Gasteiger partial charge in [-0.25, -0.2) is 4.79 Å². The first-order valence-corrected chi connectivity index (χ1v) is 8.89. The van der Waals surface area contributed by atoms with Gasteiger partial charge in [-0.3, -0.25) is 14.5 Å². The van der Waals surface area contributed by atoms with Crippen LogP contribution in [0.2, 0.25) is 0 Å². The lowest BCUT2D eigenvalue weighted by Gasteiger charge is -2.39. The average Bonchev–Trinajstić information content (AvgIpc) is 2.62. The van der Waals surface area contributed by atoms with Crippen LogP contribution >= 0.6 is 0 Å². The topological polar surface area (TPSA) is 82.1 Å². The molecule has 1 atom stereocenters. The van der Waals surface area contributed by atoms with E-state index in [1.165, 1.54) is 4.90 Å². The Bertz CT molecular complexity index is 641. The molecule has 0 aliphatic carbocycles. The van der Waals surface area contributed by atoms with Crippen molar-refractivity contribution in [3.63, 3.8) is 0 Å². The number of carbonyl (C=O) groups is 3. The second-order valence-electron chi connectivity index (χ2n) is 5.77. The molecule has 26 heavy (non-hydrogen) atoms. The molecule has 0 saturated heterocycles. The van der Waals surface area contributed by atoms with Gasteiger partial charge in [0.2, 0.25) is 0 Å². The highest BCUT2D eigenvalue weighted by Gasteiger charge is 2.46. The summed E-state index contributed by atoms with van der Waals surface area (Å²) in [6.07, 6.45) is 0.0507. The first kappa shape index (κ1) is 19.8. The Kier molecular flexibility index (Phi) is 7.00. The molecule has 1 aromatic rings.